The fourth-order valence-electron chi connectivity index (χ4n) is 7.47. The molecule has 1 spiro atoms. The van der Waals surface area contributed by atoms with Gasteiger partial charge in [0.2, 0.25) is 0 Å². The molecule has 1 aromatic carbocycles. The van der Waals surface area contributed by atoms with Crippen LogP contribution >= 0.6 is 11.6 Å². The Morgan fingerprint density at radius 1 is 1.23 bits per heavy atom. The smallest absolute Gasteiger partial charge is 0.323 e. The second-order valence-electron chi connectivity index (χ2n) is 12.8. The third-order valence-electron chi connectivity index (χ3n) is 9.43. The first-order chi connectivity index (χ1) is 20.3. The lowest BCUT2D eigenvalue weighted by atomic mass is 9.95. The lowest BCUT2D eigenvalue weighted by Gasteiger charge is -2.39. The van der Waals surface area contributed by atoms with E-state index < -0.39 is 52.7 Å². The third-order valence-corrected chi connectivity index (χ3v) is 9.72. The van der Waals surface area contributed by atoms with Crippen molar-refractivity contribution in [2.75, 3.05) is 13.1 Å². The number of benzene rings is 1. The van der Waals surface area contributed by atoms with Crippen LogP contribution in [0.4, 0.5) is 4.39 Å². The van der Waals surface area contributed by atoms with Crippen molar-refractivity contribution in [2.24, 2.45) is 23.5 Å². The lowest BCUT2D eigenvalue weighted by molar-refractivity contribution is -0.151. The van der Waals surface area contributed by atoms with Crippen LogP contribution in [-0.4, -0.2) is 62.5 Å². The number of nitrogens with two attached hydrogens (primary N) is 1. The van der Waals surface area contributed by atoms with E-state index in [1.165, 1.54) is 27.7 Å². The Kier molecular flexibility index (Phi) is 7.32. The van der Waals surface area contributed by atoms with Crippen LogP contribution < -0.4 is 11.3 Å². The molecule has 5 atom stereocenters. The summed E-state index contributed by atoms with van der Waals surface area (Å²) >= 11 is 5.92. The summed E-state index contributed by atoms with van der Waals surface area (Å²) < 4.78 is 20.8. The number of carbonyl (C=O) groups is 3. The molecule has 0 bridgehead atoms. The molecule has 2 saturated carbocycles. The summed E-state index contributed by atoms with van der Waals surface area (Å²) in [6.45, 7) is 5.98. The van der Waals surface area contributed by atoms with Crippen LogP contribution in [0.1, 0.15) is 78.4 Å². The number of carbonyl (C=O) groups excluding carboxylic acids is 3. The van der Waals surface area contributed by atoms with Gasteiger partial charge in [0, 0.05) is 24.6 Å². The van der Waals surface area contributed by atoms with Gasteiger partial charge in [-0.2, -0.15) is 0 Å². The molecule has 10 nitrogen and oxygen atoms in total. The van der Waals surface area contributed by atoms with Gasteiger partial charge in [-0.15, -0.1) is 0 Å². The van der Waals surface area contributed by atoms with Crippen molar-refractivity contribution in [1.82, 2.24) is 14.4 Å². The number of rotatable bonds is 8. The zero-order valence-corrected chi connectivity index (χ0v) is 25.2. The highest BCUT2D eigenvalue weighted by molar-refractivity contribution is 6.30. The van der Waals surface area contributed by atoms with E-state index in [2.05, 4.69) is 0 Å². The molecule has 3 N–H and O–H groups in total. The van der Waals surface area contributed by atoms with Crippen LogP contribution in [0.15, 0.2) is 23.0 Å². The summed E-state index contributed by atoms with van der Waals surface area (Å²) in [6, 6.07) is 3.38. The Hall–Kier alpha value is -3.44. The maximum absolute atomic E-state index is 14.3. The number of esters is 1. The van der Waals surface area contributed by atoms with E-state index >= 15 is 0 Å². The molecule has 43 heavy (non-hydrogen) atoms. The van der Waals surface area contributed by atoms with Crippen LogP contribution in [0, 0.1) is 23.6 Å². The van der Waals surface area contributed by atoms with Gasteiger partial charge >= 0.3 is 5.97 Å². The van der Waals surface area contributed by atoms with Gasteiger partial charge in [0.05, 0.1) is 17.1 Å². The SMILES string of the molecule is CC(C)C[C@H](N)C(=O)O[C@@H](C)CN1C(=O)c2c3c(c(O)c(=O)n2[C@@]12CC[C@H]1C[C@H]12)C(=O)N(Cc1ccc(F)c(Cl)c1)CC3. The van der Waals surface area contributed by atoms with Crippen LogP contribution in [-0.2, 0) is 28.2 Å². The van der Waals surface area contributed by atoms with Crippen molar-refractivity contribution >= 4 is 29.4 Å². The Morgan fingerprint density at radius 2 is 1.98 bits per heavy atom. The number of pyridine rings is 1. The minimum atomic E-state index is -0.994. The molecule has 2 aromatic rings. The van der Waals surface area contributed by atoms with Crippen molar-refractivity contribution in [1.29, 1.82) is 0 Å². The quantitative estimate of drug-likeness (QED) is 0.435. The van der Waals surface area contributed by atoms with Crippen LogP contribution in [0.3, 0.4) is 0 Å². The maximum Gasteiger partial charge on any atom is 0.323 e. The molecule has 2 amide bonds. The summed E-state index contributed by atoms with van der Waals surface area (Å²) in [5.41, 5.74) is 5.13. The molecule has 1 aromatic heterocycles. The predicted molar refractivity (Wildman–Crippen MR) is 155 cm³/mol. The molecule has 4 aliphatic rings. The van der Waals surface area contributed by atoms with Gasteiger partial charge in [0.1, 0.15) is 29.3 Å². The second-order valence-corrected chi connectivity index (χ2v) is 13.2. The minimum absolute atomic E-state index is 0.0259. The molecule has 3 heterocycles. The standard InChI is InChI=1S/C31H36ClFN4O6/c1-15(2)10-23(34)30(42)43-16(3)13-36-28(40)25-19-7-9-35(14-17-4-5-22(33)21(32)11-17)27(39)24(19)26(38)29(41)37(25)31(36)8-6-18-12-20(18)31/h4-5,11,15-16,18,20,23,38H,6-10,12-14,34H2,1-3H3/t16-,18-,20+,23-,31+/m0/s1. The van der Waals surface area contributed by atoms with Crippen LogP contribution in [0.25, 0.3) is 0 Å². The van der Waals surface area contributed by atoms with E-state index in [9.17, 15) is 28.7 Å². The number of halogens is 2. The number of hydrogen-bond acceptors (Lipinski definition) is 7. The molecule has 6 rings (SSSR count). The first-order valence-electron chi connectivity index (χ1n) is 14.9. The Morgan fingerprint density at radius 3 is 2.60 bits per heavy atom. The van der Waals surface area contributed by atoms with Gasteiger partial charge in [0.25, 0.3) is 17.4 Å². The number of ether oxygens (including phenoxy) is 1. The highest BCUT2D eigenvalue weighted by Crippen LogP contribution is 2.64. The van der Waals surface area contributed by atoms with Gasteiger partial charge in [-0.3, -0.25) is 23.7 Å². The monoisotopic (exact) mass is 614 g/mol. The Labute approximate surface area is 253 Å². The van der Waals surface area contributed by atoms with E-state index in [1.807, 2.05) is 13.8 Å². The number of nitrogens with zero attached hydrogens (tertiary/aromatic N) is 3. The molecule has 2 fully saturated rings. The number of aromatic hydroxyl groups is 1. The Balaban J connectivity index is 1.34. The maximum atomic E-state index is 14.3. The predicted octanol–water partition coefficient (Wildman–Crippen LogP) is 3.39. The zero-order valence-electron chi connectivity index (χ0n) is 24.4. The first-order valence-corrected chi connectivity index (χ1v) is 15.3. The van der Waals surface area contributed by atoms with E-state index in [4.69, 9.17) is 22.1 Å². The lowest BCUT2D eigenvalue weighted by Crippen LogP contribution is -2.53. The topological polar surface area (TPSA) is 135 Å². The van der Waals surface area contributed by atoms with Crippen molar-refractivity contribution in [2.45, 2.75) is 77.2 Å². The molecular formula is C31H36ClFN4O6. The third kappa shape index (κ3) is 4.71. The zero-order chi connectivity index (χ0) is 31.0. The van der Waals surface area contributed by atoms with Gasteiger partial charge in [-0.1, -0.05) is 31.5 Å². The Bertz CT molecular complexity index is 1590. The normalized spacial score (nSPS) is 25.2. The fraction of sp³-hybridized carbons (Fsp3) is 0.548. The molecular weight excluding hydrogens is 579 g/mol. The van der Waals surface area contributed by atoms with Gasteiger partial charge in [0.15, 0.2) is 5.75 Å². The highest BCUT2D eigenvalue weighted by atomic mass is 35.5. The van der Waals surface area contributed by atoms with Crippen molar-refractivity contribution in [3.05, 3.63) is 61.8 Å². The van der Waals surface area contributed by atoms with Crippen molar-refractivity contribution < 1.29 is 28.6 Å². The largest absolute Gasteiger partial charge is 0.502 e. The summed E-state index contributed by atoms with van der Waals surface area (Å²) in [4.78, 5) is 57.6. The van der Waals surface area contributed by atoms with E-state index in [0.29, 0.717) is 29.9 Å². The molecule has 0 unspecified atom stereocenters. The van der Waals surface area contributed by atoms with E-state index in [1.54, 1.807) is 11.8 Å². The molecule has 2 aliphatic carbocycles. The molecule has 2 aliphatic heterocycles. The van der Waals surface area contributed by atoms with Gasteiger partial charge in [-0.05, 0) is 68.6 Å². The van der Waals surface area contributed by atoms with Gasteiger partial charge < -0.3 is 25.4 Å². The highest BCUT2D eigenvalue weighted by Gasteiger charge is 2.67. The molecule has 0 saturated heterocycles. The summed E-state index contributed by atoms with van der Waals surface area (Å²) in [6.07, 6.45) is 2.19. The van der Waals surface area contributed by atoms with Gasteiger partial charge in [-0.25, -0.2) is 4.39 Å². The summed E-state index contributed by atoms with van der Waals surface area (Å²) in [5, 5.41) is 11.2. The fourth-order valence-corrected chi connectivity index (χ4v) is 7.68. The number of aromatic nitrogens is 1. The molecule has 12 heteroatoms. The van der Waals surface area contributed by atoms with E-state index in [0.717, 1.165) is 12.8 Å². The van der Waals surface area contributed by atoms with Crippen molar-refractivity contribution in [3.63, 3.8) is 0 Å². The minimum Gasteiger partial charge on any atom is -0.502 e. The average Bonchev–Trinajstić information content (AvgIpc) is 3.59. The van der Waals surface area contributed by atoms with Crippen LogP contribution in [0.2, 0.25) is 5.02 Å². The average molecular weight is 615 g/mol. The molecule has 0 radical (unpaired) electrons. The second kappa shape index (κ2) is 10.6. The van der Waals surface area contributed by atoms with E-state index in [-0.39, 0.29) is 54.2 Å². The first kappa shape index (κ1) is 29.6. The van der Waals surface area contributed by atoms with Crippen molar-refractivity contribution in [3.8, 4) is 5.75 Å². The number of fused-ring (bicyclic) bond motifs is 6. The summed E-state index contributed by atoms with van der Waals surface area (Å²) in [5.74, 6) is -2.22. The molecule has 230 valence electrons. The summed E-state index contributed by atoms with van der Waals surface area (Å²) in [7, 11) is 0. The number of amides is 2. The number of hydrogen-bond donors (Lipinski definition) is 2. The van der Waals surface area contributed by atoms with Crippen LogP contribution in [0.5, 0.6) is 5.75 Å².